The highest BCUT2D eigenvalue weighted by molar-refractivity contribution is 5.87. The molecule has 1 aliphatic carbocycles. The van der Waals surface area contributed by atoms with Crippen LogP contribution in [-0.4, -0.2) is 23.7 Å². The first kappa shape index (κ1) is 9.98. The van der Waals surface area contributed by atoms with Crippen molar-refractivity contribution in [1.29, 1.82) is 0 Å². The molecule has 4 N–H and O–H groups in total. The van der Waals surface area contributed by atoms with Gasteiger partial charge < -0.3 is 16.2 Å². The average Bonchev–Trinajstić information content (AvgIpc) is 2.63. The molecule has 0 fully saturated rings. The van der Waals surface area contributed by atoms with Gasteiger partial charge in [-0.2, -0.15) is 0 Å². The molecule has 1 aliphatic heterocycles. The van der Waals surface area contributed by atoms with Crippen molar-refractivity contribution >= 4 is 5.97 Å². The third kappa shape index (κ3) is 1.80. The summed E-state index contributed by atoms with van der Waals surface area (Å²) in [5.41, 5.74) is 7.01. The molecular formula is C11H14N2O2. The topological polar surface area (TPSA) is 75.3 Å². The molecule has 2 atom stereocenters. The number of nitrogens with two attached hydrogens (primary N) is 1. The summed E-state index contributed by atoms with van der Waals surface area (Å²) in [5, 5.41) is 11.9. The summed E-state index contributed by atoms with van der Waals surface area (Å²) in [6, 6.07) is 0.0858. The monoisotopic (exact) mass is 206 g/mol. The molecule has 80 valence electrons. The Labute approximate surface area is 88.2 Å². The molecule has 2 unspecified atom stereocenters. The maximum atomic E-state index is 10.8. The number of fused-ring (bicyclic) bond motifs is 1. The van der Waals surface area contributed by atoms with Crippen molar-refractivity contribution in [3.05, 3.63) is 35.6 Å². The lowest BCUT2D eigenvalue weighted by molar-refractivity contribution is -0.133. The Morgan fingerprint density at radius 3 is 3.07 bits per heavy atom. The van der Waals surface area contributed by atoms with Crippen LogP contribution in [0.25, 0.3) is 0 Å². The highest BCUT2D eigenvalue weighted by Crippen LogP contribution is 2.30. The summed E-state index contributed by atoms with van der Waals surface area (Å²) in [5.74, 6) is -0.741. The van der Waals surface area contributed by atoms with Crippen LogP contribution in [0.1, 0.15) is 6.42 Å². The van der Waals surface area contributed by atoms with E-state index in [1.165, 1.54) is 5.57 Å². The smallest absolute Gasteiger partial charge is 0.351 e. The second kappa shape index (κ2) is 3.90. The van der Waals surface area contributed by atoms with Crippen molar-refractivity contribution in [2.45, 2.75) is 12.5 Å². The van der Waals surface area contributed by atoms with Crippen molar-refractivity contribution in [1.82, 2.24) is 5.32 Å². The normalized spacial score (nSPS) is 27.8. The zero-order valence-corrected chi connectivity index (χ0v) is 8.31. The number of hydrogen-bond donors (Lipinski definition) is 3. The Hall–Kier alpha value is -1.55. The molecule has 0 amide bonds. The number of rotatable bonds is 3. The summed E-state index contributed by atoms with van der Waals surface area (Å²) in [4.78, 5) is 10.8. The van der Waals surface area contributed by atoms with E-state index in [-0.39, 0.29) is 12.0 Å². The van der Waals surface area contributed by atoms with Crippen LogP contribution in [0.5, 0.6) is 0 Å². The molecule has 0 radical (unpaired) electrons. The lowest BCUT2D eigenvalue weighted by atomic mass is 9.87. The second-order valence-corrected chi connectivity index (χ2v) is 3.75. The molecule has 4 nitrogen and oxygen atoms in total. The van der Waals surface area contributed by atoms with Gasteiger partial charge in [-0.25, -0.2) is 4.79 Å². The van der Waals surface area contributed by atoms with Crippen LogP contribution in [0.4, 0.5) is 0 Å². The lowest BCUT2D eigenvalue weighted by Crippen LogP contribution is -2.30. The number of carboxylic acid groups (broad SMARTS) is 1. The SMILES string of the molecule is NCCC1=CC=CC2NC(C(=O)O)=CC12. The van der Waals surface area contributed by atoms with Gasteiger partial charge in [-0.05, 0) is 19.0 Å². The zero-order chi connectivity index (χ0) is 10.8. The van der Waals surface area contributed by atoms with Gasteiger partial charge in [0.05, 0.1) is 6.04 Å². The van der Waals surface area contributed by atoms with Crippen molar-refractivity contribution in [2.75, 3.05) is 6.54 Å². The van der Waals surface area contributed by atoms with Gasteiger partial charge in [-0.1, -0.05) is 23.8 Å². The van der Waals surface area contributed by atoms with Gasteiger partial charge in [0.15, 0.2) is 0 Å². The highest BCUT2D eigenvalue weighted by atomic mass is 16.4. The third-order valence-electron chi connectivity index (χ3n) is 2.78. The summed E-state index contributed by atoms with van der Waals surface area (Å²) in [7, 11) is 0. The molecule has 0 saturated carbocycles. The van der Waals surface area contributed by atoms with Crippen molar-refractivity contribution in [3.8, 4) is 0 Å². The van der Waals surface area contributed by atoms with Crippen LogP contribution in [0.2, 0.25) is 0 Å². The van der Waals surface area contributed by atoms with Gasteiger partial charge >= 0.3 is 5.97 Å². The molecule has 0 saturated heterocycles. The number of nitrogens with one attached hydrogen (secondary N) is 1. The van der Waals surface area contributed by atoms with Gasteiger partial charge in [0.1, 0.15) is 5.70 Å². The van der Waals surface area contributed by atoms with Crippen LogP contribution >= 0.6 is 0 Å². The largest absolute Gasteiger partial charge is 0.477 e. The fraction of sp³-hybridized carbons (Fsp3) is 0.364. The van der Waals surface area contributed by atoms with Gasteiger partial charge in [0.2, 0.25) is 0 Å². The fourth-order valence-electron chi connectivity index (χ4n) is 2.07. The molecule has 2 aliphatic rings. The predicted molar refractivity (Wildman–Crippen MR) is 57.0 cm³/mol. The standard InChI is InChI=1S/C11H14N2O2/c12-5-4-7-2-1-3-9-8(7)6-10(13-9)11(14)15/h1-3,6,8-9,13H,4-5,12H2,(H,14,15). The van der Waals surface area contributed by atoms with Crippen LogP contribution in [0.3, 0.4) is 0 Å². The van der Waals surface area contributed by atoms with E-state index in [0.29, 0.717) is 12.2 Å². The quantitative estimate of drug-likeness (QED) is 0.624. The van der Waals surface area contributed by atoms with Crippen LogP contribution < -0.4 is 11.1 Å². The Balaban J connectivity index is 2.20. The first-order valence-corrected chi connectivity index (χ1v) is 5.01. The van der Waals surface area contributed by atoms with Gasteiger partial charge in [0.25, 0.3) is 0 Å². The number of allylic oxidation sites excluding steroid dienone is 2. The first-order valence-electron chi connectivity index (χ1n) is 5.01. The summed E-state index contributed by atoms with van der Waals surface area (Å²) >= 11 is 0. The Morgan fingerprint density at radius 1 is 1.60 bits per heavy atom. The molecule has 4 heteroatoms. The maximum Gasteiger partial charge on any atom is 0.351 e. The van der Waals surface area contributed by atoms with E-state index in [1.807, 2.05) is 18.2 Å². The average molecular weight is 206 g/mol. The number of hydrogen-bond acceptors (Lipinski definition) is 3. The van der Waals surface area contributed by atoms with E-state index in [4.69, 9.17) is 10.8 Å². The molecule has 15 heavy (non-hydrogen) atoms. The minimum atomic E-state index is -0.898. The Bertz CT molecular complexity index is 369. The zero-order valence-electron chi connectivity index (χ0n) is 8.31. The summed E-state index contributed by atoms with van der Waals surface area (Å²) in [6.45, 7) is 0.596. The van der Waals surface area contributed by atoms with E-state index >= 15 is 0 Å². The molecule has 0 spiro atoms. The lowest BCUT2D eigenvalue weighted by Gasteiger charge is -2.22. The number of carbonyl (C=O) groups is 1. The minimum absolute atomic E-state index is 0.0858. The van der Waals surface area contributed by atoms with Crippen molar-refractivity contribution < 1.29 is 9.90 Å². The summed E-state index contributed by atoms with van der Waals surface area (Å²) in [6.07, 6.45) is 8.56. The van der Waals surface area contributed by atoms with Crippen LogP contribution in [0.15, 0.2) is 35.6 Å². The molecule has 0 aromatic rings. The van der Waals surface area contributed by atoms with Crippen molar-refractivity contribution in [2.24, 2.45) is 11.7 Å². The Kier molecular flexibility index (Phi) is 2.60. The van der Waals surface area contributed by atoms with E-state index in [2.05, 4.69) is 5.32 Å². The minimum Gasteiger partial charge on any atom is -0.477 e. The molecule has 2 rings (SSSR count). The maximum absolute atomic E-state index is 10.8. The van der Waals surface area contributed by atoms with Gasteiger partial charge in [0, 0.05) is 5.92 Å². The molecular weight excluding hydrogens is 192 g/mol. The summed E-state index contributed by atoms with van der Waals surface area (Å²) < 4.78 is 0. The molecule has 0 aromatic carbocycles. The highest BCUT2D eigenvalue weighted by Gasteiger charge is 2.31. The number of aliphatic carboxylic acids is 1. The van der Waals surface area contributed by atoms with Gasteiger partial charge in [-0.3, -0.25) is 0 Å². The third-order valence-corrected chi connectivity index (χ3v) is 2.78. The van der Waals surface area contributed by atoms with Crippen molar-refractivity contribution in [3.63, 3.8) is 0 Å². The molecule has 0 bridgehead atoms. The van der Waals surface area contributed by atoms with Crippen LogP contribution in [-0.2, 0) is 4.79 Å². The van der Waals surface area contributed by atoms with E-state index < -0.39 is 5.97 Å². The van der Waals surface area contributed by atoms with E-state index in [1.54, 1.807) is 6.08 Å². The number of carboxylic acids is 1. The van der Waals surface area contributed by atoms with E-state index in [9.17, 15) is 4.79 Å². The van der Waals surface area contributed by atoms with Gasteiger partial charge in [-0.15, -0.1) is 0 Å². The molecule has 0 aromatic heterocycles. The van der Waals surface area contributed by atoms with Crippen LogP contribution in [0, 0.1) is 5.92 Å². The Morgan fingerprint density at radius 2 is 2.40 bits per heavy atom. The predicted octanol–water partition coefficient (Wildman–Crippen LogP) is 0.388. The van der Waals surface area contributed by atoms with E-state index in [0.717, 1.165) is 6.42 Å². The molecule has 1 heterocycles. The first-order chi connectivity index (χ1) is 7.22. The fourth-order valence-corrected chi connectivity index (χ4v) is 2.07. The second-order valence-electron chi connectivity index (χ2n) is 3.75.